The molecule has 2 aliphatic rings. The molecule has 0 amide bonds. The molecule has 1 atom stereocenters. The Balaban J connectivity index is 1.60. The molecule has 0 bridgehead atoms. The number of allylic oxidation sites excluding steroid dienone is 1. The summed E-state index contributed by atoms with van der Waals surface area (Å²) in [4.78, 5) is 19.6. The van der Waals surface area contributed by atoms with Gasteiger partial charge in [-0.3, -0.25) is 9.36 Å². The number of fused-ring (bicyclic) bond motifs is 3. The minimum Gasteiger partial charge on any atom is -0.494 e. The standard InChI is InChI=1S/C28H20Br2N2O2S/c1-34-26-21(29)13-16(14-22(26)30)15-23-27(33)32-25(18-8-3-2-4-9-18)20-12-11-17-7-5-6-10-19(17)24(20)31-28(32)35-23/h2-10,13-15,25H,11-12H2,1H3. The fourth-order valence-corrected chi connectivity index (χ4v) is 7.51. The zero-order chi connectivity index (χ0) is 24.1. The summed E-state index contributed by atoms with van der Waals surface area (Å²) in [5, 5.41) is 0. The minimum atomic E-state index is -0.160. The van der Waals surface area contributed by atoms with Crippen LogP contribution in [0, 0.1) is 0 Å². The fourth-order valence-electron chi connectivity index (χ4n) is 4.97. The summed E-state index contributed by atoms with van der Waals surface area (Å²) in [5.41, 5.74) is 6.71. The Morgan fingerprint density at radius 1 is 1.03 bits per heavy atom. The molecule has 1 aliphatic heterocycles. The van der Waals surface area contributed by atoms with Gasteiger partial charge in [0, 0.05) is 5.56 Å². The highest BCUT2D eigenvalue weighted by Crippen LogP contribution is 2.41. The number of thiazole rings is 1. The molecule has 4 aromatic rings. The first-order valence-electron chi connectivity index (χ1n) is 11.3. The second-order valence-corrected chi connectivity index (χ2v) is 11.3. The van der Waals surface area contributed by atoms with Crippen molar-refractivity contribution in [3.05, 3.63) is 123 Å². The molecule has 7 heteroatoms. The lowest BCUT2D eigenvalue weighted by Crippen LogP contribution is -2.38. The Bertz CT molecular complexity index is 1660. The van der Waals surface area contributed by atoms with Crippen LogP contribution in [0.15, 0.2) is 91.0 Å². The molecule has 1 unspecified atom stereocenters. The van der Waals surface area contributed by atoms with Crippen LogP contribution in [0.4, 0.5) is 0 Å². The number of hydrogen-bond donors (Lipinski definition) is 0. The number of aromatic nitrogens is 1. The molecule has 2 heterocycles. The summed E-state index contributed by atoms with van der Waals surface area (Å²) in [6, 6.07) is 22.5. The lowest BCUT2D eigenvalue weighted by atomic mass is 9.83. The van der Waals surface area contributed by atoms with Crippen molar-refractivity contribution in [1.82, 2.24) is 4.57 Å². The van der Waals surface area contributed by atoms with Crippen molar-refractivity contribution in [3.63, 3.8) is 0 Å². The fraction of sp³-hybridized carbons (Fsp3) is 0.143. The van der Waals surface area contributed by atoms with E-state index in [1.807, 2.05) is 41.0 Å². The van der Waals surface area contributed by atoms with Crippen molar-refractivity contribution in [1.29, 1.82) is 0 Å². The topological polar surface area (TPSA) is 43.6 Å². The van der Waals surface area contributed by atoms with Crippen LogP contribution < -0.4 is 19.6 Å². The Morgan fingerprint density at radius 3 is 2.49 bits per heavy atom. The van der Waals surface area contributed by atoms with Gasteiger partial charge in [0.1, 0.15) is 5.75 Å². The number of methoxy groups -OCH3 is 1. The van der Waals surface area contributed by atoms with E-state index in [2.05, 4.69) is 68.3 Å². The zero-order valence-corrected chi connectivity index (χ0v) is 22.8. The molecule has 6 rings (SSSR count). The van der Waals surface area contributed by atoms with Crippen molar-refractivity contribution in [3.8, 4) is 5.75 Å². The maximum Gasteiger partial charge on any atom is 0.271 e. The number of rotatable bonds is 3. The van der Waals surface area contributed by atoms with Crippen LogP contribution in [-0.2, 0) is 6.42 Å². The van der Waals surface area contributed by atoms with Gasteiger partial charge in [-0.1, -0.05) is 65.9 Å². The van der Waals surface area contributed by atoms with Gasteiger partial charge in [0.15, 0.2) is 4.80 Å². The van der Waals surface area contributed by atoms with E-state index in [0.29, 0.717) is 4.53 Å². The molecule has 174 valence electrons. The molecule has 0 saturated heterocycles. The predicted molar refractivity (Wildman–Crippen MR) is 148 cm³/mol. The molecule has 1 aliphatic carbocycles. The van der Waals surface area contributed by atoms with E-state index < -0.39 is 0 Å². The van der Waals surface area contributed by atoms with Gasteiger partial charge in [-0.25, -0.2) is 4.99 Å². The van der Waals surface area contributed by atoms with Gasteiger partial charge < -0.3 is 4.74 Å². The normalized spacial score (nSPS) is 16.9. The largest absolute Gasteiger partial charge is 0.494 e. The molecule has 0 radical (unpaired) electrons. The molecule has 1 aromatic heterocycles. The first-order valence-corrected chi connectivity index (χ1v) is 13.7. The van der Waals surface area contributed by atoms with E-state index in [1.54, 1.807) is 7.11 Å². The summed E-state index contributed by atoms with van der Waals surface area (Å²) < 4.78 is 9.60. The minimum absolute atomic E-state index is 0.0175. The van der Waals surface area contributed by atoms with Gasteiger partial charge in [0.2, 0.25) is 0 Å². The van der Waals surface area contributed by atoms with E-state index >= 15 is 0 Å². The third kappa shape index (κ3) is 3.86. The first kappa shape index (κ1) is 22.7. The first-order chi connectivity index (χ1) is 17.0. The SMILES string of the molecule is COc1c(Br)cc(C=c2sc3n(c2=O)C(c2ccccc2)C2=C(N=3)c3ccccc3CC2)cc1Br. The van der Waals surface area contributed by atoms with Gasteiger partial charge in [-0.05, 0) is 85.2 Å². The van der Waals surface area contributed by atoms with E-state index in [-0.39, 0.29) is 11.6 Å². The van der Waals surface area contributed by atoms with Gasteiger partial charge in [-0.2, -0.15) is 0 Å². The van der Waals surface area contributed by atoms with Crippen molar-refractivity contribution < 1.29 is 4.74 Å². The van der Waals surface area contributed by atoms with E-state index in [9.17, 15) is 4.79 Å². The van der Waals surface area contributed by atoms with Crippen LogP contribution in [0.1, 0.15) is 34.7 Å². The van der Waals surface area contributed by atoms with Crippen molar-refractivity contribution >= 4 is 55.0 Å². The summed E-state index contributed by atoms with van der Waals surface area (Å²) in [7, 11) is 1.63. The Morgan fingerprint density at radius 2 is 1.74 bits per heavy atom. The van der Waals surface area contributed by atoms with Gasteiger partial charge in [0.25, 0.3) is 5.56 Å². The van der Waals surface area contributed by atoms with E-state index in [4.69, 9.17) is 9.73 Å². The van der Waals surface area contributed by atoms with Crippen molar-refractivity contribution in [2.24, 2.45) is 4.99 Å². The van der Waals surface area contributed by atoms with Crippen LogP contribution in [-0.4, -0.2) is 11.7 Å². The van der Waals surface area contributed by atoms with E-state index in [0.717, 1.165) is 49.2 Å². The summed E-state index contributed by atoms with van der Waals surface area (Å²) in [6.45, 7) is 0. The highest BCUT2D eigenvalue weighted by Gasteiger charge is 2.32. The highest BCUT2D eigenvalue weighted by atomic mass is 79.9. The smallest absolute Gasteiger partial charge is 0.271 e. The van der Waals surface area contributed by atoms with Crippen LogP contribution >= 0.6 is 43.2 Å². The van der Waals surface area contributed by atoms with Crippen LogP contribution in [0.5, 0.6) is 5.75 Å². The maximum atomic E-state index is 13.8. The molecule has 0 spiro atoms. The number of benzene rings is 3. The van der Waals surface area contributed by atoms with Crippen LogP contribution in [0.3, 0.4) is 0 Å². The molecule has 4 nitrogen and oxygen atoms in total. The maximum absolute atomic E-state index is 13.8. The summed E-state index contributed by atoms with van der Waals surface area (Å²) in [6.07, 6.45) is 3.77. The number of aryl methyl sites for hydroxylation is 1. The zero-order valence-electron chi connectivity index (χ0n) is 18.8. The molecule has 0 saturated carbocycles. The van der Waals surface area contributed by atoms with E-state index in [1.165, 1.54) is 28.0 Å². The van der Waals surface area contributed by atoms with Crippen LogP contribution in [0.25, 0.3) is 11.8 Å². The predicted octanol–water partition coefficient (Wildman–Crippen LogP) is 5.85. The third-order valence-corrected chi connectivity index (χ3v) is 8.67. The van der Waals surface area contributed by atoms with Crippen molar-refractivity contribution in [2.75, 3.05) is 7.11 Å². The number of halogens is 2. The lowest BCUT2D eigenvalue weighted by molar-refractivity contribution is 0.409. The second kappa shape index (κ2) is 9.04. The molecule has 35 heavy (non-hydrogen) atoms. The van der Waals surface area contributed by atoms with Gasteiger partial charge >= 0.3 is 0 Å². The highest BCUT2D eigenvalue weighted by molar-refractivity contribution is 9.11. The number of nitrogens with zero attached hydrogens (tertiary/aromatic N) is 2. The van der Waals surface area contributed by atoms with Gasteiger partial charge in [0.05, 0.1) is 32.3 Å². The summed E-state index contributed by atoms with van der Waals surface area (Å²) in [5.74, 6) is 0.721. The van der Waals surface area contributed by atoms with Crippen LogP contribution in [0.2, 0.25) is 0 Å². The molecular formula is C28H20Br2N2O2S. The molecule has 0 fully saturated rings. The Kier molecular flexibility index (Phi) is 5.87. The Hall–Kier alpha value is -2.74. The van der Waals surface area contributed by atoms with Gasteiger partial charge in [-0.15, -0.1) is 0 Å². The number of hydrogen-bond acceptors (Lipinski definition) is 4. The monoisotopic (exact) mass is 606 g/mol. The molecular weight excluding hydrogens is 588 g/mol. The van der Waals surface area contributed by atoms with Crippen molar-refractivity contribution in [2.45, 2.75) is 18.9 Å². The average Bonchev–Trinajstić information content (AvgIpc) is 3.17. The third-order valence-electron chi connectivity index (χ3n) is 6.51. The summed E-state index contributed by atoms with van der Waals surface area (Å²) >= 11 is 8.57. The Labute approximate surface area is 223 Å². The average molecular weight is 608 g/mol. The molecule has 0 N–H and O–H groups in total. The quantitative estimate of drug-likeness (QED) is 0.293. The lowest BCUT2D eigenvalue weighted by Gasteiger charge is -2.30. The number of ether oxygens (including phenoxy) is 1. The molecule has 3 aromatic carbocycles. The second-order valence-electron chi connectivity index (χ2n) is 8.54.